The van der Waals surface area contributed by atoms with Crippen LogP contribution in [0.3, 0.4) is 0 Å². The van der Waals surface area contributed by atoms with E-state index in [1.165, 1.54) is 19.3 Å². The minimum absolute atomic E-state index is 0.0248. The third-order valence-electron chi connectivity index (χ3n) is 2.79. The summed E-state index contributed by atoms with van der Waals surface area (Å²) in [7, 11) is 0. The van der Waals surface area contributed by atoms with Crippen LogP contribution in [0.2, 0.25) is 0 Å². The maximum absolute atomic E-state index is 6.00. The van der Waals surface area contributed by atoms with Gasteiger partial charge in [0.25, 0.3) is 0 Å². The zero-order valence-corrected chi connectivity index (χ0v) is 8.36. The molecule has 2 rings (SSSR count). The van der Waals surface area contributed by atoms with Gasteiger partial charge in [0.1, 0.15) is 0 Å². The molecular formula is C12H17NO. The molecule has 76 valence electrons. The minimum atomic E-state index is 0.0248. The number of benzene rings is 1. The second-order valence-electron chi connectivity index (χ2n) is 3.90. The quantitative estimate of drug-likeness (QED) is 0.792. The minimum Gasteiger partial charge on any atom is -0.376 e. The van der Waals surface area contributed by atoms with E-state index in [1.807, 2.05) is 18.2 Å². The van der Waals surface area contributed by atoms with Crippen molar-refractivity contribution in [2.24, 2.45) is 5.73 Å². The molecule has 0 saturated heterocycles. The molecule has 2 N–H and O–H groups in total. The molecule has 1 aliphatic rings. The highest BCUT2D eigenvalue weighted by molar-refractivity contribution is 5.18. The summed E-state index contributed by atoms with van der Waals surface area (Å²) >= 11 is 0. The van der Waals surface area contributed by atoms with Gasteiger partial charge < -0.3 is 10.5 Å². The Labute approximate surface area is 85.1 Å². The molecule has 0 heterocycles. The second kappa shape index (κ2) is 4.58. The molecule has 0 aromatic heterocycles. The standard InChI is InChI=1S/C12H17NO/c13-12(9-14-11-7-4-8-11)10-5-2-1-3-6-10/h1-3,5-6,11-12H,4,7-9,13H2. The van der Waals surface area contributed by atoms with E-state index in [-0.39, 0.29) is 6.04 Å². The SMILES string of the molecule is NC(COC1CCC1)c1ccccc1. The summed E-state index contributed by atoms with van der Waals surface area (Å²) in [5, 5.41) is 0. The van der Waals surface area contributed by atoms with Crippen LogP contribution in [0.5, 0.6) is 0 Å². The number of rotatable bonds is 4. The van der Waals surface area contributed by atoms with E-state index in [1.54, 1.807) is 0 Å². The lowest BCUT2D eigenvalue weighted by atomic mass is 9.96. The van der Waals surface area contributed by atoms with E-state index >= 15 is 0 Å². The maximum Gasteiger partial charge on any atom is 0.0663 e. The van der Waals surface area contributed by atoms with Crippen molar-refractivity contribution in [3.63, 3.8) is 0 Å². The van der Waals surface area contributed by atoms with Crippen LogP contribution in [0.15, 0.2) is 30.3 Å². The van der Waals surface area contributed by atoms with Gasteiger partial charge in [0, 0.05) is 0 Å². The molecule has 0 bridgehead atoms. The summed E-state index contributed by atoms with van der Waals surface area (Å²) in [6, 6.07) is 10.2. The summed E-state index contributed by atoms with van der Waals surface area (Å²) in [5.74, 6) is 0. The van der Waals surface area contributed by atoms with E-state index in [2.05, 4.69) is 12.1 Å². The second-order valence-corrected chi connectivity index (χ2v) is 3.90. The molecule has 1 aromatic carbocycles. The fourth-order valence-corrected chi connectivity index (χ4v) is 1.57. The van der Waals surface area contributed by atoms with Crippen molar-refractivity contribution in [2.45, 2.75) is 31.4 Å². The van der Waals surface area contributed by atoms with Gasteiger partial charge in [-0.15, -0.1) is 0 Å². The first-order valence-corrected chi connectivity index (χ1v) is 5.28. The van der Waals surface area contributed by atoms with Crippen LogP contribution in [0, 0.1) is 0 Å². The third-order valence-corrected chi connectivity index (χ3v) is 2.79. The van der Waals surface area contributed by atoms with Crippen molar-refractivity contribution in [3.05, 3.63) is 35.9 Å². The van der Waals surface area contributed by atoms with Gasteiger partial charge >= 0.3 is 0 Å². The number of hydrogen-bond donors (Lipinski definition) is 1. The van der Waals surface area contributed by atoms with Crippen molar-refractivity contribution in [1.29, 1.82) is 0 Å². The maximum atomic E-state index is 6.00. The van der Waals surface area contributed by atoms with Gasteiger partial charge in [-0.1, -0.05) is 30.3 Å². The lowest BCUT2D eigenvalue weighted by Crippen LogP contribution is -2.26. The predicted molar refractivity (Wildman–Crippen MR) is 57.0 cm³/mol. The molecule has 1 atom stereocenters. The van der Waals surface area contributed by atoms with Crippen molar-refractivity contribution in [3.8, 4) is 0 Å². The summed E-state index contributed by atoms with van der Waals surface area (Å²) in [6.07, 6.45) is 4.21. The van der Waals surface area contributed by atoms with Crippen LogP contribution in [0.4, 0.5) is 0 Å². The summed E-state index contributed by atoms with van der Waals surface area (Å²) < 4.78 is 5.67. The summed E-state index contributed by atoms with van der Waals surface area (Å²) in [5.41, 5.74) is 7.16. The van der Waals surface area contributed by atoms with Gasteiger partial charge in [-0.25, -0.2) is 0 Å². The van der Waals surface area contributed by atoms with Gasteiger partial charge in [-0.05, 0) is 24.8 Å². The molecular weight excluding hydrogens is 174 g/mol. The van der Waals surface area contributed by atoms with Gasteiger partial charge in [-0.3, -0.25) is 0 Å². The average Bonchev–Trinajstić information content (AvgIpc) is 2.16. The highest BCUT2D eigenvalue weighted by Gasteiger charge is 2.18. The molecule has 14 heavy (non-hydrogen) atoms. The van der Waals surface area contributed by atoms with Gasteiger partial charge in [0.05, 0.1) is 18.8 Å². The Morgan fingerprint density at radius 3 is 2.57 bits per heavy atom. The van der Waals surface area contributed by atoms with E-state index in [9.17, 15) is 0 Å². The van der Waals surface area contributed by atoms with Crippen molar-refractivity contribution < 1.29 is 4.74 Å². The van der Waals surface area contributed by atoms with Crippen LogP contribution in [-0.2, 0) is 4.74 Å². The highest BCUT2D eigenvalue weighted by Crippen LogP contribution is 2.23. The molecule has 0 spiro atoms. The zero-order valence-electron chi connectivity index (χ0n) is 8.36. The van der Waals surface area contributed by atoms with Crippen LogP contribution in [-0.4, -0.2) is 12.7 Å². The molecule has 1 aliphatic carbocycles. The fourth-order valence-electron chi connectivity index (χ4n) is 1.57. The van der Waals surface area contributed by atoms with Crippen molar-refractivity contribution in [2.75, 3.05) is 6.61 Å². The summed E-state index contributed by atoms with van der Waals surface area (Å²) in [6.45, 7) is 0.648. The fraction of sp³-hybridized carbons (Fsp3) is 0.500. The Morgan fingerprint density at radius 2 is 2.00 bits per heavy atom. The Morgan fingerprint density at radius 1 is 1.29 bits per heavy atom. The topological polar surface area (TPSA) is 35.2 Å². The first kappa shape index (κ1) is 9.69. The molecule has 0 amide bonds. The first-order valence-electron chi connectivity index (χ1n) is 5.28. The highest BCUT2D eigenvalue weighted by atomic mass is 16.5. The first-order chi connectivity index (χ1) is 6.86. The largest absolute Gasteiger partial charge is 0.376 e. The smallest absolute Gasteiger partial charge is 0.0663 e. The van der Waals surface area contributed by atoms with Crippen LogP contribution >= 0.6 is 0 Å². The van der Waals surface area contributed by atoms with Crippen LogP contribution < -0.4 is 5.73 Å². The Bertz CT molecular complexity index is 269. The van der Waals surface area contributed by atoms with E-state index in [0.29, 0.717) is 12.7 Å². The molecule has 1 aromatic rings. The Kier molecular flexibility index (Phi) is 3.17. The predicted octanol–water partition coefficient (Wildman–Crippen LogP) is 2.26. The Balaban J connectivity index is 1.80. The molecule has 1 saturated carbocycles. The number of nitrogens with two attached hydrogens (primary N) is 1. The van der Waals surface area contributed by atoms with Gasteiger partial charge in [0.15, 0.2) is 0 Å². The Hall–Kier alpha value is -0.860. The molecule has 2 heteroatoms. The van der Waals surface area contributed by atoms with E-state index in [0.717, 1.165) is 5.56 Å². The van der Waals surface area contributed by atoms with Gasteiger partial charge in [0.2, 0.25) is 0 Å². The average molecular weight is 191 g/mol. The van der Waals surface area contributed by atoms with E-state index < -0.39 is 0 Å². The molecule has 0 aliphatic heterocycles. The lowest BCUT2D eigenvalue weighted by Gasteiger charge is -2.27. The van der Waals surface area contributed by atoms with Crippen LogP contribution in [0.25, 0.3) is 0 Å². The van der Waals surface area contributed by atoms with Crippen LogP contribution in [0.1, 0.15) is 30.9 Å². The molecule has 2 nitrogen and oxygen atoms in total. The van der Waals surface area contributed by atoms with E-state index in [4.69, 9.17) is 10.5 Å². The number of ether oxygens (including phenoxy) is 1. The van der Waals surface area contributed by atoms with Gasteiger partial charge in [-0.2, -0.15) is 0 Å². The molecule has 1 fully saturated rings. The molecule has 1 unspecified atom stereocenters. The third kappa shape index (κ3) is 2.34. The normalized spacial score (nSPS) is 18.9. The van der Waals surface area contributed by atoms with Crippen molar-refractivity contribution >= 4 is 0 Å². The monoisotopic (exact) mass is 191 g/mol. The molecule has 0 radical (unpaired) electrons. The summed E-state index contributed by atoms with van der Waals surface area (Å²) in [4.78, 5) is 0. The zero-order chi connectivity index (χ0) is 9.80. The number of hydrogen-bond acceptors (Lipinski definition) is 2. The van der Waals surface area contributed by atoms with Crippen molar-refractivity contribution in [1.82, 2.24) is 0 Å². The lowest BCUT2D eigenvalue weighted by molar-refractivity contribution is -0.00445.